The second-order valence-corrected chi connectivity index (χ2v) is 9.07. The molecule has 0 N–H and O–H groups in total. The van der Waals surface area contributed by atoms with Crippen molar-refractivity contribution in [3.8, 4) is 11.1 Å². The second kappa shape index (κ2) is 5.93. The van der Waals surface area contributed by atoms with Crippen molar-refractivity contribution in [2.75, 3.05) is 0 Å². The average Bonchev–Trinajstić information content (AvgIpc) is 3.32. The third-order valence-corrected chi connectivity index (χ3v) is 7.44. The van der Waals surface area contributed by atoms with E-state index in [1.54, 1.807) is 0 Å². The Balaban J connectivity index is 1.80. The van der Waals surface area contributed by atoms with Gasteiger partial charge in [-0.25, -0.2) is 0 Å². The van der Waals surface area contributed by atoms with Crippen LogP contribution in [0.25, 0.3) is 71.0 Å². The number of fused-ring (bicyclic) bond motifs is 5. The largest absolute Gasteiger partial charge is 0.344 e. The summed E-state index contributed by atoms with van der Waals surface area (Å²) in [6, 6.07) is 37.8. The van der Waals surface area contributed by atoms with E-state index in [9.17, 15) is 0 Å². The maximum absolute atomic E-state index is 2.51. The highest BCUT2D eigenvalue weighted by Gasteiger charge is 2.21. The Kier molecular flexibility index (Phi) is 3.11. The highest BCUT2D eigenvalue weighted by molar-refractivity contribution is 6.31. The van der Waals surface area contributed by atoms with Gasteiger partial charge in [-0.1, -0.05) is 78.9 Å². The summed E-state index contributed by atoms with van der Waals surface area (Å²) in [6.45, 7) is 0. The standard InChI is InChI=1S/C31H20N2/c1-32-26-16-8-12-22-24-14-7-13-23-21-11-5-6-15-25(21)33(31(23)24)28-18-20(19-9-3-2-4-10-19)17-27(32)30(28)29(22)26/h2-18H,1H3. The van der Waals surface area contributed by atoms with Gasteiger partial charge >= 0.3 is 0 Å². The smallest absolute Gasteiger partial charge is 0.0619 e. The Labute approximate surface area is 190 Å². The zero-order chi connectivity index (χ0) is 21.7. The molecule has 2 heteroatoms. The molecule has 0 aliphatic rings. The molecule has 0 bridgehead atoms. The van der Waals surface area contributed by atoms with Gasteiger partial charge in [0.15, 0.2) is 0 Å². The van der Waals surface area contributed by atoms with Gasteiger partial charge < -0.3 is 8.97 Å². The molecule has 3 aromatic heterocycles. The van der Waals surface area contributed by atoms with E-state index in [-0.39, 0.29) is 0 Å². The third kappa shape index (κ3) is 2.04. The molecular weight excluding hydrogens is 400 g/mol. The summed E-state index contributed by atoms with van der Waals surface area (Å²) in [5, 5.41) is 7.93. The Morgan fingerprint density at radius 3 is 1.97 bits per heavy atom. The van der Waals surface area contributed by atoms with E-state index >= 15 is 0 Å². The zero-order valence-corrected chi connectivity index (χ0v) is 18.2. The minimum absolute atomic E-state index is 1.24. The van der Waals surface area contributed by atoms with E-state index in [4.69, 9.17) is 0 Å². The lowest BCUT2D eigenvalue weighted by Crippen LogP contribution is -1.91. The molecule has 3 heterocycles. The maximum atomic E-state index is 2.51. The molecule has 154 valence electrons. The van der Waals surface area contributed by atoms with Crippen molar-refractivity contribution in [1.82, 2.24) is 8.97 Å². The SMILES string of the molecule is Cn1c2cccc3c4cccc5c6ccccc6n(c6cc(-c7ccccc7)cc1c6c32)c45. The Bertz CT molecular complexity index is 2020. The highest BCUT2D eigenvalue weighted by atomic mass is 15.0. The molecular formula is C31H20N2. The number of aromatic nitrogens is 2. The molecule has 0 aliphatic carbocycles. The normalized spacial score (nSPS) is 12.4. The predicted molar refractivity (Wildman–Crippen MR) is 141 cm³/mol. The van der Waals surface area contributed by atoms with Crippen LogP contribution in [-0.4, -0.2) is 8.97 Å². The molecule has 0 atom stereocenters. The van der Waals surface area contributed by atoms with Gasteiger partial charge in [0.2, 0.25) is 0 Å². The minimum atomic E-state index is 1.24. The summed E-state index contributed by atoms with van der Waals surface area (Å²) >= 11 is 0. The summed E-state index contributed by atoms with van der Waals surface area (Å²) in [4.78, 5) is 0. The first kappa shape index (κ1) is 17.3. The van der Waals surface area contributed by atoms with Crippen molar-refractivity contribution < 1.29 is 0 Å². The summed E-state index contributed by atoms with van der Waals surface area (Å²) in [7, 11) is 2.20. The van der Waals surface area contributed by atoms with E-state index in [1.807, 2.05) is 0 Å². The van der Waals surface area contributed by atoms with Crippen molar-refractivity contribution in [3.05, 3.63) is 103 Å². The topological polar surface area (TPSA) is 9.34 Å². The molecule has 5 aromatic carbocycles. The molecule has 0 saturated carbocycles. The van der Waals surface area contributed by atoms with E-state index in [2.05, 4.69) is 119 Å². The van der Waals surface area contributed by atoms with E-state index < -0.39 is 0 Å². The molecule has 0 spiro atoms. The van der Waals surface area contributed by atoms with Crippen LogP contribution in [-0.2, 0) is 7.05 Å². The van der Waals surface area contributed by atoms with Gasteiger partial charge in [-0.2, -0.15) is 0 Å². The van der Waals surface area contributed by atoms with E-state index in [1.165, 1.54) is 71.0 Å². The van der Waals surface area contributed by atoms with Crippen molar-refractivity contribution in [3.63, 3.8) is 0 Å². The monoisotopic (exact) mass is 420 g/mol. The Morgan fingerprint density at radius 2 is 1.09 bits per heavy atom. The van der Waals surface area contributed by atoms with Crippen LogP contribution >= 0.6 is 0 Å². The number of hydrogen-bond acceptors (Lipinski definition) is 0. The number of benzene rings is 5. The summed E-state index contributed by atoms with van der Waals surface area (Å²) in [6.07, 6.45) is 0. The van der Waals surface area contributed by atoms with Gasteiger partial charge in [0, 0.05) is 39.5 Å². The fourth-order valence-electron chi connectivity index (χ4n) is 6.03. The van der Waals surface area contributed by atoms with Crippen LogP contribution in [0.5, 0.6) is 0 Å². The third-order valence-electron chi connectivity index (χ3n) is 7.44. The quantitative estimate of drug-likeness (QED) is 0.253. The lowest BCUT2D eigenvalue weighted by molar-refractivity contribution is 1.01. The average molecular weight is 421 g/mol. The van der Waals surface area contributed by atoms with Crippen LogP contribution in [0, 0.1) is 0 Å². The van der Waals surface area contributed by atoms with Gasteiger partial charge in [0.25, 0.3) is 0 Å². The summed E-state index contributed by atoms with van der Waals surface area (Å²) in [5.74, 6) is 0. The Morgan fingerprint density at radius 1 is 0.455 bits per heavy atom. The predicted octanol–water partition coefficient (Wildman–Crippen LogP) is 8.15. The summed E-state index contributed by atoms with van der Waals surface area (Å²) in [5.41, 5.74) is 8.86. The van der Waals surface area contributed by atoms with Crippen LogP contribution in [0.4, 0.5) is 0 Å². The van der Waals surface area contributed by atoms with Gasteiger partial charge in [-0.3, -0.25) is 0 Å². The van der Waals surface area contributed by atoms with Gasteiger partial charge in [0.05, 0.1) is 22.1 Å². The number of hydrogen-bond donors (Lipinski definition) is 0. The summed E-state index contributed by atoms with van der Waals surface area (Å²) < 4.78 is 4.87. The second-order valence-electron chi connectivity index (χ2n) is 9.07. The van der Waals surface area contributed by atoms with Crippen molar-refractivity contribution in [1.29, 1.82) is 0 Å². The minimum Gasteiger partial charge on any atom is -0.344 e. The highest BCUT2D eigenvalue weighted by Crippen LogP contribution is 2.44. The van der Waals surface area contributed by atoms with Crippen LogP contribution < -0.4 is 0 Å². The number of nitrogens with zero attached hydrogens (tertiary/aromatic N) is 2. The van der Waals surface area contributed by atoms with Gasteiger partial charge in [-0.15, -0.1) is 0 Å². The molecule has 33 heavy (non-hydrogen) atoms. The van der Waals surface area contributed by atoms with E-state index in [0.717, 1.165) is 0 Å². The van der Waals surface area contributed by atoms with Crippen LogP contribution in [0.3, 0.4) is 0 Å². The molecule has 0 fully saturated rings. The van der Waals surface area contributed by atoms with E-state index in [0.29, 0.717) is 0 Å². The molecule has 0 aliphatic heterocycles. The van der Waals surface area contributed by atoms with Crippen molar-refractivity contribution >= 4 is 59.9 Å². The molecule has 0 radical (unpaired) electrons. The zero-order valence-electron chi connectivity index (χ0n) is 18.2. The number of para-hydroxylation sites is 2. The molecule has 8 aromatic rings. The molecule has 0 unspecified atom stereocenters. The van der Waals surface area contributed by atoms with Gasteiger partial charge in [-0.05, 0) is 40.8 Å². The fourth-order valence-corrected chi connectivity index (χ4v) is 6.03. The Hall–Kier alpha value is -4.30. The molecule has 0 amide bonds. The van der Waals surface area contributed by atoms with Crippen LogP contribution in [0.2, 0.25) is 0 Å². The maximum Gasteiger partial charge on any atom is 0.0619 e. The van der Waals surface area contributed by atoms with Gasteiger partial charge in [0.1, 0.15) is 0 Å². The lowest BCUT2D eigenvalue weighted by atomic mass is 10.0. The van der Waals surface area contributed by atoms with Crippen LogP contribution in [0.15, 0.2) is 103 Å². The first-order valence-electron chi connectivity index (χ1n) is 11.4. The molecule has 2 nitrogen and oxygen atoms in total. The van der Waals surface area contributed by atoms with Crippen molar-refractivity contribution in [2.24, 2.45) is 7.05 Å². The number of rotatable bonds is 1. The first-order valence-corrected chi connectivity index (χ1v) is 11.4. The molecule has 8 rings (SSSR count). The molecule has 0 saturated heterocycles. The lowest BCUT2D eigenvalue weighted by Gasteiger charge is -2.08. The van der Waals surface area contributed by atoms with Crippen LogP contribution in [0.1, 0.15) is 0 Å². The first-order chi connectivity index (χ1) is 16.3. The number of aryl methyl sites for hydroxylation is 1. The van der Waals surface area contributed by atoms with Crippen molar-refractivity contribution in [2.45, 2.75) is 0 Å². The fraction of sp³-hybridized carbons (Fsp3) is 0.0323.